The third kappa shape index (κ3) is 3.72. The zero-order chi connectivity index (χ0) is 17.1. The van der Waals surface area contributed by atoms with E-state index in [1.807, 2.05) is 24.3 Å². The average Bonchev–Trinajstić information content (AvgIpc) is 2.98. The molecule has 0 saturated heterocycles. The number of nitrogens with zero attached hydrogens (tertiary/aromatic N) is 1. The monoisotopic (exact) mass is 375 g/mol. The van der Waals surface area contributed by atoms with Crippen molar-refractivity contribution in [1.29, 1.82) is 0 Å². The molecule has 7 heteroatoms. The molecule has 0 saturated carbocycles. The normalized spacial score (nSPS) is 10.6. The highest BCUT2D eigenvalue weighted by Gasteiger charge is 2.11. The molecule has 0 fully saturated rings. The zero-order valence-electron chi connectivity index (χ0n) is 12.8. The fraction of sp³-hybridized carbons (Fsp3) is 0.118. The number of nitrogens with one attached hydrogen (secondary N) is 2. The van der Waals surface area contributed by atoms with E-state index in [-0.39, 0.29) is 11.0 Å². The maximum Gasteiger partial charge on any atom is 0.257 e. The molecule has 0 bridgehead atoms. The van der Waals surface area contributed by atoms with E-state index in [0.29, 0.717) is 15.7 Å². The van der Waals surface area contributed by atoms with E-state index in [1.54, 1.807) is 18.2 Å². The number of hydrogen-bond acceptors (Lipinski definition) is 4. The van der Waals surface area contributed by atoms with Gasteiger partial charge in [-0.1, -0.05) is 48.1 Å². The zero-order valence-corrected chi connectivity index (χ0v) is 15.2. The van der Waals surface area contributed by atoms with Crippen LogP contribution in [0.5, 0.6) is 0 Å². The van der Waals surface area contributed by atoms with Crippen molar-refractivity contribution in [3.05, 3.63) is 58.6 Å². The van der Waals surface area contributed by atoms with Gasteiger partial charge in [0.1, 0.15) is 5.52 Å². The van der Waals surface area contributed by atoms with Crippen molar-refractivity contribution in [2.24, 2.45) is 0 Å². The fourth-order valence-corrected chi connectivity index (χ4v) is 3.59. The third-order valence-electron chi connectivity index (χ3n) is 3.44. The number of hydrogen-bond donors (Lipinski definition) is 2. The van der Waals surface area contributed by atoms with Crippen molar-refractivity contribution in [2.75, 3.05) is 5.32 Å². The number of aryl methyl sites for hydroxylation is 1. The van der Waals surface area contributed by atoms with Crippen molar-refractivity contribution >= 4 is 61.5 Å². The van der Waals surface area contributed by atoms with Gasteiger partial charge in [0.2, 0.25) is 0 Å². The third-order valence-corrected chi connectivity index (χ3v) is 4.89. The Labute approximate surface area is 153 Å². The number of carbonyl (C=O) groups is 1. The molecule has 1 heterocycles. The number of amides is 1. The fourth-order valence-electron chi connectivity index (χ4n) is 2.16. The Morgan fingerprint density at radius 2 is 2.00 bits per heavy atom. The van der Waals surface area contributed by atoms with E-state index >= 15 is 0 Å². The van der Waals surface area contributed by atoms with Crippen LogP contribution in [0.3, 0.4) is 0 Å². The highest BCUT2D eigenvalue weighted by Crippen LogP contribution is 2.30. The van der Waals surface area contributed by atoms with Crippen LogP contribution in [-0.2, 0) is 6.42 Å². The molecular weight excluding hydrogens is 362 g/mol. The number of carbonyl (C=O) groups excluding carboxylic acids is 1. The Morgan fingerprint density at radius 3 is 2.67 bits per heavy atom. The molecular formula is C17H14ClN3OS2. The van der Waals surface area contributed by atoms with Crippen LogP contribution in [-0.4, -0.2) is 16.0 Å². The molecule has 2 aromatic carbocycles. The van der Waals surface area contributed by atoms with Crippen molar-refractivity contribution in [3.8, 4) is 0 Å². The molecule has 0 spiro atoms. The van der Waals surface area contributed by atoms with Gasteiger partial charge in [-0.15, -0.1) is 0 Å². The summed E-state index contributed by atoms with van der Waals surface area (Å²) in [5, 5.41) is 6.96. The lowest BCUT2D eigenvalue weighted by atomic mass is 10.1. The second-order valence-electron chi connectivity index (χ2n) is 5.06. The first kappa shape index (κ1) is 16.8. The average molecular weight is 376 g/mol. The largest absolute Gasteiger partial charge is 0.308 e. The van der Waals surface area contributed by atoms with Crippen LogP contribution in [0.1, 0.15) is 22.8 Å². The van der Waals surface area contributed by atoms with E-state index in [0.717, 1.165) is 16.6 Å². The van der Waals surface area contributed by atoms with Crippen LogP contribution in [0.15, 0.2) is 42.5 Å². The number of rotatable bonds is 3. The van der Waals surface area contributed by atoms with Crippen molar-refractivity contribution in [3.63, 3.8) is 0 Å². The lowest BCUT2D eigenvalue weighted by Crippen LogP contribution is -2.34. The Morgan fingerprint density at radius 1 is 1.25 bits per heavy atom. The molecule has 1 amide bonds. The summed E-state index contributed by atoms with van der Waals surface area (Å²) in [6.45, 7) is 2.07. The molecule has 3 rings (SSSR count). The van der Waals surface area contributed by atoms with E-state index in [4.69, 9.17) is 23.8 Å². The molecule has 1 aromatic heterocycles. The topological polar surface area (TPSA) is 54.0 Å². The summed E-state index contributed by atoms with van der Waals surface area (Å²) in [6.07, 6.45) is 0.933. The van der Waals surface area contributed by atoms with Gasteiger partial charge in [-0.3, -0.25) is 10.1 Å². The minimum atomic E-state index is -0.255. The molecule has 0 aliphatic heterocycles. The van der Waals surface area contributed by atoms with Gasteiger partial charge in [0.05, 0.1) is 9.72 Å². The van der Waals surface area contributed by atoms with Gasteiger partial charge >= 0.3 is 0 Å². The summed E-state index contributed by atoms with van der Waals surface area (Å²) in [5.41, 5.74) is 2.46. The van der Waals surface area contributed by atoms with Crippen LogP contribution in [0.2, 0.25) is 5.02 Å². The van der Waals surface area contributed by atoms with Gasteiger partial charge in [-0.25, -0.2) is 4.98 Å². The van der Waals surface area contributed by atoms with Crippen molar-refractivity contribution in [2.45, 2.75) is 13.3 Å². The van der Waals surface area contributed by atoms with Crippen molar-refractivity contribution < 1.29 is 4.79 Å². The van der Waals surface area contributed by atoms with Gasteiger partial charge in [0, 0.05) is 5.56 Å². The number of thiocarbonyl (C=S) groups is 1. The predicted octanol–water partition coefficient (Wildman–Crippen LogP) is 4.64. The Kier molecular flexibility index (Phi) is 5.08. The smallest absolute Gasteiger partial charge is 0.257 e. The SMILES string of the molecule is CCc1ccc(C(=O)NC(=S)Nc2nc3c(Cl)cccc3s2)cc1. The van der Waals surface area contributed by atoms with Crippen LogP contribution >= 0.6 is 35.2 Å². The minimum absolute atomic E-state index is 0.203. The second-order valence-corrected chi connectivity index (χ2v) is 6.91. The summed E-state index contributed by atoms with van der Waals surface area (Å²) >= 11 is 12.7. The molecule has 122 valence electrons. The van der Waals surface area contributed by atoms with Gasteiger partial charge in [0.25, 0.3) is 5.91 Å². The molecule has 2 N–H and O–H groups in total. The lowest BCUT2D eigenvalue weighted by Gasteiger charge is -2.07. The standard InChI is InChI=1S/C17H14ClN3OS2/c1-2-10-6-8-11(9-7-10)15(22)20-16(23)21-17-19-14-12(18)4-3-5-13(14)24-17/h3-9H,2H2,1H3,(H2,19,20,21,22,23). The number of thiazole rings is 1. The van der Waals surface area contributed by atoms with Crippen LogP contribution in [0, 0.1) is 0 Å². The van der Waals surface area contributed by atoms with E-state index < -0.39 is 0 Å². The summed E-state index contributed by atoms with van der Waals surface area (Å²) in [6, 6.07) is 13.0. The maximum absolute atomic E-state index is 12.2. The highest BCUT2D eigenvalue weighted by atomic mass is 35.5. The summed E-state index contributed by atoms with van der Waals surface area (Å²) in [5.74, 6) is -0.255. The first-order chi connectivity index (χ1) is 11.6. The molecule has 3 aromatic rings. The Bertz CT molecular complexity index is 906. The number of aromatic nitrogens is 1. The highest BCUT2D eigenvalue weighted by molar-refractivity contribution is 7.80. The Balaban J connectivity index is 1.67. The van der Waals surface area contributed by atoms with Gasteiger partial charge < -0.3 is 5.32 Å². The molecule has 0 aliphatic carbocycles. The molecule has 0 atom stereocenters. The quantitative estimate of drug-likeness (QED) is 0.655. The maximum atomic E-state index is 12.2. The molecule has 24 heavy (non-hydrogen) atoms. The van der Waals surface area contributed by atoms with Gasteiger partial charge in [-0.2, -0.15) is 0 Å². The molecule has 0 aliphatic rings. The molecule has 0 radical (unpaired) electrons. The number of fused-ring (bicyclic) bond motifs is 1. The molecule has 0 unspecified atom stereocenters. The number of para-hydroxylation sites is 1. The van der Waals surface area contributed by atoms with Gasteiger partial charge in [0.15, 0.2) is 10.2 Å². The van der Waals surface area contributed by atoms with E-state index in [9.17, 15) is 4.79 Å². The summed E-state index contributed by atoms with van der Waals surface area (Å²) in [7, 11) is 0. The predicted molar refractivity (Wildman–Crippen MR) is 104 cm³/mol. The van der Waals surface area contributed by atoms with E-state index in [2.05, 4.69) is 22.5 Å². The van der Waals surface area contributed by atoms with Crippen LogP contribution in [0.25, 0.3) is 10.2 Å². The van der Waals surface area contributed by atoms with Crippen molar-refractivity contribution in [1.82, 2.24) is 10.3 Å². The lowest BCUT2D eigenvalue weighted by molar-refractivity contribution is 0.0977. The number of halogens is 1. The number of anilines is 1. The van der Waals surface area contributed by atoms with Crippen LogP contribution in [0.4, 0.5) is 5.13 Å². The first-order valence-electron chi connectivity index (χ1n) is 7.33. The van der Waals surface area contributed by atoms with Gasteiger partial charge in [-0.05, 0) is 48.5 Å². The van der Waals surface area contributed by atoms with Crippen LogP contribution < -0.4 is 10.6 Å². The Hall–Kier alpha value is -2.02. The first-order valence-corrected chi connectivity index (χ1v) is 8.93. The second kappa shape index (κ2) is 7.25. The summed E-state index contributed by atoms with van der Waals surface area (Å²) in [4.78, 5) is 16.6. The molecule has 4 nitrogen and oxygen atoms in total. The minimum Gasteiger partial charge on any atom is -0.308 e. The van der Waals surface area contributed by atoms with E-state index in [1.165, 1.54) is 16.9 Å². The summed E-state index contributed by atoms with van der Waals surface area (Å²) < 4.78 is 0.953. The number of benzene rings is 2.